The third-order valence-electron chi connectivity index (χ3n) is 4.59. The van der Waals surface area contributed by atoms with Crippen molar-refractivity contribution in [3.8, 4) is 5.69 Å². The van der Waals surface area contributed by atoms with Gasteiger partial charge in [0, 0.05) is 36.7 Å². The Morgan fingerprint density at radius 2 is 2.08 bits per heavy atom. The summed E-state index contributed by atoms with van der Waals surface area (Å²) in [5.41, 5.74) is 4.60. The van der Waals surface area contributed by atoms with Gasteiger partial charge in [-0.15, -0.1) is 0 Å². The molecule has 0 saturated carbocycles. The lowest BCUT2D eigenvalue weighted by atomic mass is 9.91. The number of aromatic nitrogens is 3. The van der Waals surface area contributed by atoms with Gasteiger partial charge in [-0.2, -0.15) is 5.10 Å². The Bertz CT molecular complexity index is 865. The zero-order valence-electron chi connectivity index (χ0n) is 13.4. The van der Waals surface area contributed by atoms with Crippen LogP contribution in [0.2, 0.25) is 0 Å². The van der Waals surface area contributed by atoms with Crippen LogP contribution in [-0.4, -0.2) is 14.8 Å². The van der Waals surface area contributed by atoms with Crippen molar-refractivity contribution in [1.82, 2.24) is 20.1 Å². The molecule has 24 heavy (non-hydrogen) atoms. The van der Waals surface area contributed by atoms with Crippen molar-refractivity contribution in [2.75, 3.05) is 0 Å². The van der Waals surface area contributed by atoms with Crippen LogP contribution in [-0.2, 0) is 13.0 Å². The molecule has 1 aliphatic carbocycles. The third kappa shape index (κ3) is 3.03. The zero-order chi connectivity index (χ0) is 16.4. The largest absolute Gasteiger partial charge is 0.326 e. The summed E-state index contributed by atoms with van der Waals surface area (Å²) < 4.78 is 1.85. The molecule has 2 N–H and O–H groups in total. The number of rotatable bonds is 4. The molecule has 5 nitrogen and oxygen atoms in total. The van der Waals surface area contributed by atoms with Crippen molar-refractivity contribution in [2.24, 2.45) is 0 Å². The van der Waals surface area contributed by atoms with Crippen LogP contribution in [0.25, 0.3) is 5.69 Å². The van der Waals surface area contributed by atoms with Crippen molar-refractivity contribution in [3.63, 3.8) is 0 Å². The molecule has 1 atom stereocenters. The SMILES string of the molecule is O=c1ccc2c([nH]1)CCCC2NCc1ccc(-n2cccn2)cc1. The van der Waals surface area contributed by atoms with Crippen molar-refractivity contribution < 1.29 is 0 Å². The Morgan fingerprint density at radius 3 is 2.88 bits per heavy atom. The molecule has 1 aliphatic rings. The van der Waals surface area contributed by atoms with E-state index in [0.29, 0.717) is 6.04 Å². The van der Waals surface area contributed by atoms with Crippen molar-refractivity contribution in [3.05, 3.63) is 82.0 Å². The molecule has 3 aromatic rings. The summed E-state index contributed by atoms with van der Waals surface area (Å²) in [5, 5.41) is 7.86. The number of pyridine rings is 1. The molecule has 2 aromatic heterocycles. The van der Waals surface area contributed by atoms with E-state index >= 15 is 0 Å². The van der Waals surface area contributed by atoms with Crippen molar-refractivity contribution in [1.29, 1.82) is 0 Å². The first-order valence-corrected chi connectivity index (χ1v) is 8.34. The van der Waals surface area contributed by atoms with Crippen LogP contribution in [0, 0.1) is 0 Å². The van der Waals surface area contributed by atoms with Gasteiger partial charge < -0.3 is 10.3 Å². The molecular formula is C19H20N4O. The topological polar surface area (TPSA) is 62.7 Å². The Morgan fingerprint density at radius 1 is 1.21 bits per heavy atom. The fourth-order valence-corrected chi connectivity index (χ4v) is 3.34. The van der Waals surface area contributed by atoms with Gasteiger partial charge in [-0.3, -0.25) is 4.79 Å². The zero-order valence-corrected chi connectivity index (χ0v) is 13.4. The van der Waals surface area contributed by atoms with Gasteiger partial charge >= 0.3 is 0 Å². The van der Waals surface area contributed by atoms with Crippen LogP contribution >= 0.6 is 0 Å². The number of nitrogens with zero attached hydrogens (tertiary/aromatic N) is 2. The second-order valence-corrected chi connectivity index (χ2v) is 6.20. The van der Waals surface area contributed by atoms with Gasteiger partial charge in [0.2, 0.25) is 5.56 Å². The second-order valence-electron chi connectivity index (χ2n) is 6.20. The fraction of sp³-hybridized carbons (Fsp3) is 0.263. The number of aromatic amines is 1. The summed E-state index contributed by atoms with van der Waals surface area (Å²) in [5.74, 6) is 0. The van der Waals surface area contributed by atoms with E-state index in [2.05, 4.69) is 39.7 Å². The minimum absolute atomic E-state index is 0.0105. The average Bonchev–Trinajstić information content (AvgIpc) is 3.14. The van der Waals surface area contributed by atoms with E-state index in [1.165, 1.54) is 11.1 Å². The molecule has 0 aliphatic heterocycles. The standard InChI is InChI=1S/C19H20N4O/c24-19-10-9-16-17(3-1-4-18(16)22-19)20-13-14-5-7-15(8-6-14)23-12-2-11-21-23/h2,5-12,17,20H,1,3-4,13H2,(H,22,24). The number of nitrogens with one attached hydrogen (secondary N) is 2. The summed E-state index contributed by atoms with van der Waals surface area (Å²) in [6, 6.07) is 14.2. The molecule has 122 valence electrons. The molecular weight excluding hydrogens is 300 g/mol. The summed E-state index contributed by atoms with van der Waals surface area (Å²) in [7, 11) is 0. The number of H-pyrrole nitrogens is 1. The lowest BCUT2D eigenvalue weighted by molar-refractivity contribution is 0.453. The van der Waals surface area contributed by atoms with E-state index in [4.69, 9.17) is 0 Å². The van der Waals surface area contributed by atoms with E-state index in [0.717, 1.165) is 37.2 Å². The molecule has 0 saturated heterocycles. The smallest absolute Gasteiger partial charge is 0.248 e. The van der Waals surface area contributed by atoms with Gasteiger partial charge in [-0.25, -0.2) is 4.68 Å². The molecule has 0 radical (unpaired) electrons. The van der Waals surface area contributed by atoms with Crippen LogP contribution in [0.4, 0.5) is 0 Å². The predicted molar refractivity (Wildman–Crippen MR) is 93.1 cm³/mol. The Labute approximate surface area is 140 Å². The molecule has 1 aromatic carbocycles. The van der Waals surface area contributed by atoms with Gasteiger partial charge in [-0.05, 0) is 48.6 Å². The van der Waals surface area contributed by atoms with E-state index in [1.807, 2.05) is 23.0 Å². The molecule has 0 fully saturated rings. The van der Waals surface area contributed by atoms with E-state index < -0.39 is 0 Å². The first kappa shape index (κ1) is 14.9. The molecule has 0 bridgehead atoms. The average molecular weight is 320 g/mol. The Balaban J connectivity index is 1.45. The van der Waals surface area contributed by atoms with Gasteiger partial charge in [0.25, 0.3) is 0 Å². The van der Waals surface area contributed by atoms with E-state index in [1.54, 1.807) is 12.3 Å². The van der Waals surface area contributed by atoms with Crippen LogP contribution in [0.5, 0.6) is 0 Å². The van der Waals surface area contributed by atoms with Gasteiger partial charge in [0.05, 0.1) is 5.69 Å². The Kier molecular flexibility index (Phi) is 4.01. The minimum atomic E-state index is -0.0105. The summed E-state index contributed by atoms with van der Waals surface area (Å²) in [4.78, 5) is 14.4. The molecule has 0 amide bonds. The van der Waals surface area contributed by atoms with Crippen molar-refractivity contribution in [2.45, 2.75) is 31.8 Å². The molecule has 1 unspecified atom stereocenters. The number of hydrogen-bond donors (Lipinski definition) is 2. The lowest BCUT2D eigenvalue weighted by Gasteiger charge is -2.26. The molecule has 5 heteroatoms. The van der Waals surface area contributed by atoms with Crippen LogP contribution in [0.15, 0.2) is 59.7 Å². The third-order valence-corrected chi connectivity index (χ3v) is 4.59. The quantitative estimate of drug-likeness (QED) is 0.777. The van der Waals surface area contributed by atoms with Gasteiger partial charge in [0.1, 0.15) is 0 Å². The first-order chi connectivity index (χ1) is 11.8. The maximum atomic E-state index is 11.5. The normalized spacial score (nSPS) is 16.8. The highest BCUT2D eigenvalue weighted by Crippen LogP contribution is 2.27. The molecule has 2 heterocycles. The predicted octanol–water partition coefficient (Wildman–Crippen LogP) is 2.73. The molecule has 4 rings (SSSR count). The summed E-state index contributed by atoms with van der Waals surface area (Å²) in [6.07, 6.45) is 6.88. The van der Waals surface area contributed by atoms with Crippen LogP contribution < -0.4 is 10.9 Å². The number of fused-ring (bicyclic) bond motifs is 1. The monoisotopic (exact) mass is 320 g/mol. The second kappa shape index (κ2) is 6.45. The maximum Gasteiger partial charge on any atom is 0.248 e. The highest BCUT2D eigenvalue weighted by atomic mass is 16.1. The summed E-state index contributed by atoms with van der Waals surface area (Å²) in [6.45, 7) is 0.808. The maximum absolute atomic E-state index is 11.5. The lowest BCUT2D eigenvalue weighted by Crippen LogP contribution is -2.27. The number of hydrogen-bond acceptors (Lipinski definition) is 3. The van der Waals surface area contributed by atoms with Crippen LogP contribution in [0.3, 0.4) is 0 Å². The Hall–Kier alpha value is -2.66. The van der Waals surface area contributed by atoms with Crippen molar-refractivity contribution >= 4 is 0 Å². The van der Waals surface area contributed by atoms with E-state index in [-0.39, 0.29) is 5.56 Å². The number of aryl methyl sites for hydroxylation is 1. The van der Waals surface area contributed by atoms with E-state index in [9.17, 15) is 4.79 Å². The highest BCUT2D eigenvalue weighted by Gasteiger charge is 2.20. The summed E-state index contributed by atoms with van der Waals surface area (Å²) >= 11 is 0. The van der Waals surface area contributed by atoms with Gasteiger partial charge in [-0.1, -0.05) is 18.2 Å². The van der Waals surface area contributed by atoms with Gasteiger partial charge in [0.15, 0.2) is 0 Å². The van der Waals surface area contributed by atoms with Crippen LogP contribution in [0.1, 0.15) is 35.7 Å². The fourth-order valence-electron chi connectivity index (χ4n) is 3.34. The number of benzene rings is 1. The minimum Gasteiger partial charge on any atom is -0.326 e. The first-order valence-electron chi connectivity index (χ1n) is 8.34. The molecule has 0 spiro atoms. The highest BCUT2D eigenvalue weighted by molar-refractivity contribution is 5.34.